The van der Waals surface area contributed by atoms with Crippen molar-refractivity contribution in [1.82, 2.24) is 0 Å². The first-order valence-electron chi connectivity index (χ1n) is 7.02. The van der Waals surface area contributed by atoms with E-state index in [0.717, 1.165) is 25.7 Å². The lowest BCUT2D eigenvalue weighted by atomic mass is 9.89. The highest BCUT2D eigenvalue weighted by atomic mass is 16.7. The Kier molecular flexibility index (Phi) is 7.34. The molecule has 3 nitrogen and oxygen atoms in total. The lowest BCUT2D eigenvalue weighted by Gasteiger charge is -2.25. The molecule has 0 atom stereocenters. The van der Waals surface area contributed by atoms with E-state index in [9.17, 15) is 4.79 Å². The summed E-state index contributed by atoms with van der Waals surface area (Å²) in [4.78, 5) is 11.5. The van der Waals surface area contributed by atoms with Gasteiger partial charge in [-0.15, -0.1) is 0 Å². The maximum Gasteiger partial charge on any atom is 0.508 e. The number of carbonyl (C=O) groups is 1. The van der Waals surface area contributed by atoms with Gasteiger partial charge in [0.1, 0.15) is 13.2 Å². The number of ether oxygens (including phenoxy) is 2. The Hall–Kier alpha value is -0.730. The number of carbonyl (C=O) groups excluding carboxylic acids is 1. The minimum absolute atomic E-state index is 0.0344. The van der Waals surface area contributed by atoms with E-state index in [1.165, 1.54) is 0 Å². The van der Waals surface area contributed by atoms with E-state index in [1.807, 2.05) is 0 Å². The van der Waals surface area contributed by atoms with Crippen LogP contribution >= 0.6 is 0 Å². The first-order chi connectivity index (χ1) is 8.22. The molecule has 18 heavy (non-hydrogen) atoms. The summed E-state index contributed by atoms with van der Waals surface area (Å²) < 4.78 is 10.3. The lowest BCUT2D eigenvalue weighted by molar-refractivity contribution is 0.00743. The van der Waals surface area contributed by atoms with Crippen LogP contribution in [0.4, 0.5) is 4.79 Å². The highest BCUT2D eigenvalue weighted by Crippen LogP contribution is 2.24. The second-order valence-electron chi connectivity index (χ2n) is 6.66. The predicted molar refractivity (Wildman–Crippen MR) is 74.7 cm³/mol. The molecule has 0 aliphatic rings. The standard InChI is InChI=1S/C15H30O3/c1-7-9-14(3,4)11-17-13(16)18-12-15(5,6)10-8-2/h7-12H2,1-6H3. The van der Waals surface area contributed by atoms with Gasteiger partial charge in [0.25, 0.3) is 0 Å². The molecule has 0 radical (unpaired) electrons. The van der Waals surface area contributed by atoms with Crippen LogP contribution < -0.4 is 0 Å². The van der Waals surface area contributed by atoms with E-state index in [1.54, 1.807) is 0 Å². The highest BCUT2D eigenvalue weighted by molar-refractivity contribution is 5.59. The van der Waals surface area contributed by atoms with Crippen molar-refractivity contribution in [2.24, 2.45) is 10.8 Å². The van der Waals surface area contributed by atoms with Gasteiger partial charge in [0.2, 0.25) is 0 Å². The van der Waals surface area contributed by atoms with E-state index in [2.05, 4.69) is 41.5 Å². The first-order valence-corrected chi connectivity index (χ1v) is 7.02. The monoisotopic (exact) mass is 258 g/mol. The lowest BCUT2D eigenvalue weighted by Crippen LogP contribution is -2.25. The Morgan fingerprint density at radius 2 is 1.17 bits per heavy atom. The van der Waals surface area contributed by atoms with Crippen LogP contribution in [0.25, 0.3) is 0 Å². The second-order valence-corrected chi connectivity index (χ2v) is 6.66. The number of hydrogen-bond acceptors (Lipinski definition) is 3. The Morgan fingerprint density at radius 1 is 0.833 bits per heavy atom. The van der Waals surface area contributed by atoms with E-state index in [0.29, 0.717) is 13.2 Å². The summed E-state index contributed by atoms with van der Waals surface area (Å²) in [5.41, 5.74) is 0.0689. The van der Waals surface area contributed by atoms with E-state index < -0.39 is 6.16 Å². The van der Waals surface area contributed by atoms with Gasteiger partial charge < -0.3 is 9.47 Å². The zero-order valence-electron chi connectivity index (χ0n) is 13.0. The zero-order chi connectivity index (χ0) is 14.2. The first kappa shape index (κ1) is 17.3. The smallest absolute Gasteiger partial charge is 0.434 e. The van der Waals surface area contributed by atoms with Crippen molar-refractivity contribution in [3.63, 3.8) is 0 Å². The predicted octanol–water partition coefficient (Wildman–Crippen LogP) is 4.79. The average molecular weight is 258 g/mol. The molecule has 0 saturated carbocycles. The fourth-order valence-corrected chi connectivity index (χ4v) is 2.05. The van der Waals surface area contributed by atoms with Gasteiger partial charge in [0.15, 0.2) is 0 Å². The Morgan fingerprint density at radius 3 is 1.44 bits per heavy atom. The highest BCUT2D eigenvalue weighted by Gasteiger charge is 2.22. The molecule has 0 fully saturated rings. The summed E-state index contributed by atoms with van der Waals surface area (Å²) in [5.74, 6) is 0. The zero-order valence-corrected chi connectivity index (χ0v) is 13.0. The van der Waals surface area contributed by atoms with Crippen molar-refractivity contribution in [3.05, 3.63) is 0 Å². The van der Waals surface area contributed by atoms with Gasteiger partial charge in [-0.1, -0.05) is 54.4 Å². The molecule has 0 spiro atoms. The van der Waals surface area contributed by atoms with Crippen LogP contribution in [0.1, 0.15) is 67.2 Å². The van der Waals surface area contributed by atoms with Gasteiger partial charge in [0.05, 0.1) is 0 Å². The quantitative estimate of drug-likeness (QED) is 0.587. The minimum Gasteiger partial charge on any atom is -0.434 e. The minimum atomic E-state index is -0.539. The molecule has 0 heterocycles. The molecule has 0 unspecified atom stereocenters. The van der Waals surface area contributed by atoms with Gasteiger partial charge >= 0.3 is 6.16 Å². The maximum atomic E-state index is 11.5. The largest absolute Gasteiger partial charge is 0.508 e. The molecule has 0 aromatic heterocycles. The van der Waals surface area contributed by atoms with Crippen molar-refractivity contribution in [1.29, 1.82) is 0 Å². The third kappa shape index (κ3) is 8.37. The summed E-state index contributed by atoms with van der Waals surface area (Å²) in [6.45, 7) is 13.5. The molecule has 0 amide bonds. The van der Waals surface area contributed by atoms with Gasteiger partial charge in [-0.05, 0) is 23.7 Å². The van der Waals surface area contributed by atoms with Crippen molar-refractivity contribution in [3.8, 4) is 0 Å². The Balaban J connectivity index is 3.92. The van der Waals surface area contributed by atoms with Crippen molar-refractivity contribution in [2.75, 3.05) is 13.2 Å². The summed E-state index contributed by atoms with van der Waals surface area (Å²) >= 11 is 0. The Labute approximate surface area is 112 Å². The van der Waals surface area contributed by atoms with Crippen LogP contribution in [0.2, 0.25) is 0 Å². The third-order valence-electron chi connectivity index (χ3n) is 3.02. The van der Waals surface area contributed by atoms with Crippen LogP contribution in [-0.4, -0.2) is 19.4 Å². The van der Waals surface area contributed by atoms with Crippen molar-refractivity contribution >= 4 is 6.16 Å². The third-order valence-corrected chi connectivity index (χ3v) is 3.02. The Bertz CT molecular complexity index is 220. The average Bonchev–Trinajstić information content (AvgIpc) is 2.24. The molecule has 0 aromatic rings. The van der Waals surface area contributed by atoms with Crippen LogP contribution in [0.15, 0.2) is 0 Å². The van der Waals surface area contributed by atoms with Crippen LogP contribution in [0, 0.1) is 10.8 Å². The molecule has 3 heteroatoms. The van der Waals surface area contributed by atoms with Gasteiger partial charge in [-0.2, -0.15) is 0 Å². The molecule has 0 aromatic carbocycles. The maximum absolute atomic E-state index is 11.5. The van der Waals surface area contributed by atoms with Gasteiger partial charge in [-0.3, -0.25) is 0 Å². The molecule has 0 N–H and O–H groups in total. The summed E-state index contributed by atoms with van der Waals surface area (Å²) in [5, 5.41) is 0. The molecule has 0 saturated heterocycles. The van der Waals surface area contributed by atoms with Crippen molar-refractivity contribution < 1.29 is 14.3 Å². The molecule has 0 aliphatic carbocycles. The summed E-state index contributed by atoms with van der Waals surface area (Å²) in [6, 6.07) is 0. The van der Waals surface area contributed by atoms with Crippen molar-refractivity contribution in [2.45, 2.75) is 67.2 Å². The van der Waals surface area contributed by atoms with Crippen LogP contribution in [0.5, 0.6) is 0 Å². The van der Waals surface area contributed by atoms with E-state index >= 15 is 0 Å². The van der Waals surface area contributed by atoms with E-state index in [4.69, 9.17) is 9.47 Å². The fourth-order valence-electron chi connectivity index (χ4n) is 2.05. The molecule has 0 rings (SSSR count). The molecular weight excluding hydrogens is 228 g/mol. The fraction of sp³-hybridized carbons (Fsp3) is 0.933. The van der Waals surface area contributed by atoms with E-state index in [-0.39, 0.29) is 10.8 Å². The molecule has 0 aliphatic heterocycles. The topological polar surface area (TPSA) is 35.5 Å². The molecule has 108 valence electrons. The summed E-state index contributed by atoms with van der Waals surface area (Å²) in [7, 11) is 0. The number of hydrogen-bond donors (Lipinski definition) is 0. The summed E-state index contributed by atoms with van der Waals surface area (Å²) in [6.07, 6.45) is 3.73. The molecule has 0 bridgehead atoms. The normalized spacial score (nSPS) is 12.3. The SMILES string of the molecule is CCCC(C)(C)COC(=O)OCC(C)(C)CCC. The number of rotatable bonds is 8. The van der Waals surface area contributed by atoms with Gasteiger partial charge in [-0.25, -0.2) is 4.79 Å². The molecular formula is C15H30O3. The second kappa shape index (κ2) is 7.65. The van der Waals surface area contributed by atoms with Crippen LogP contribution in [-0.2, 0) is 9.47 Å². The van der Waals surface area contributed by atoms with Crippen LogP contribution in [0.3, 0.4) is 0 Å². The van der Waals surface area contributed by atoms with Gasteiger partial charge in [0, 0.05) is 0 Å².